The van der Waals surface area contributed by atoms with Crippen molar-refractivity contribution < 1.29 is 61.3 Å². The van der Waals surface area contributed by atoms with E-state index in [1.165, 1.54) is 101 Å². The molecule has 0 atom stereocenters. The van der Waals surface area contributed by atoms with Gasteiger partial charge >= 0.3 is 67.1 Å². The minimum atomic E-state index is -3.93. The molecule has 55 heavy (non-hydrogen) atoms. The molecule has 0 aliphatic carbocycles. The molecule has 0 saturated carbocycles. The summed E-state index contributed by atoms with van der Waals surface area (Å²) < 4.78 is 34.3. The summed E-state index contributed by atoms with van der Waals surface area (Å²) in [5.74, 6) is 0. The maximum atomic E-state index is 11.4. The van der Waals surface area contributed by atoms with Crippen LogP contribution in [0.25, 0.3) is 43.8 Å². The van der Waals surface area contributed by atoms with Gasteiger partial charge < -0.3 is 24.8 Å². The molecule has 0 nitrogen and oxygen atoms in total. The van der Waals surface area contributed by atoms with E-state index in [0.717, 1.165) is 12.8 Å². The van der Waals surface area contributed by atoms with E-state index < -0.39 is 18.0 Å². The van der Waals surface area contributed by atoms with Crippen molar-refractivity contribution in [2.45, 2.75) is 118 Å². The predicted octanol–water partition coefficient (Wildman–Crippen LogP) is 8.90. The zero-order valence-electron chi connectivity index (χ0n) is 34.5. The third-order valence-electron chi connectivity index (χ3n) is 10.1. The summed E-state index contributed by atoms with van der Waals surface area (Å²) >= 11 is 1.29. The molecule has 6 rings (SSSR count). The third kappa shape index (κ3) is 12.8. The molecule has 294 valence electrons. The number of rotatable bonds is 6. The van der Waals surface area contributed by atoms with E-state index in [-0.39, 0.29) is 35.6 Å². The molecule has 7 heteroatoms. The fourth-order valence-electron chi connectivity index (χ4n) is 7.22. The Hall–Kier alpha value is -2.43. The van der Waals surface area contributed by atoms with Crippen molar-refractivity contribution in [3.8, 4) is 22.3 Å². The molecule has 0 aliphatic rings. The molecule has 0 aromatic heterocycles. The largest absolute Gasteiger partial charge is 1.00 e. The van der Waals surface area contributed by atoms with Gasteiger partial charge in [-0.15, -0.1) is 69.1 Å². The minimum Gasteiger partial charge on any atom is -1.00 e. The van der Waals surface area contributed by atoms with Crippen LogP contribution >= 0.6 is 0 Å². The number of benzene rings is 4. The van der Waals surface area contributed by atoms with Crippen LogP contribution in [0, 0.1) is 13.8 Å². The Morgan fingerprint density at radius 2 is 0.927 bits per heavy atom. The summed E-state index contributed by atoms with van der Waals surface area (Å²) in [4.78, 5) is 0. The molecule has 6 aromatic carbocycles. The predicted molar refractivity (Wildman–Crippen MR) is 223 cm³/mol. The molecule has 0 amide bonds. The molecule has 0 fully saturated rings. The van der Waals surface area contributed by atoms with Gasteiger partial charge in [-0.25, -0.2) is 0 Å². The molecule has 0 bridgehead atoms. The molecule has 0 unspecified atom stereocenters. The number of alkyl halides is 3. The van der Waals surface area contributed by atoms with Gasteiger partial charge in [0.25, 0.3) is 0 Å². The molecule has 0 heterocycles. The van der Waals surface area contributed by atoms with Crippen LogP contribution in [0.4, 0.5) is 13.2 Å². The van der Waals surface area contributed by atoms with Crippen molar-refractivity contribution in [3.63, 3.8) is 0 Å². The Morgan fingerprint density at radius 3 is 1.18 bits per heavy atom. The number of hydrogen-bond donors (Lipinski definition) is 0. The van der Waals surface area contributed by atoms with E-state index in [1.807, 2.05) is 6.55 Å². The molecule has 6 aromatic rings. The zero-order valence-corrected chi connectivity index (χ0v) is 39.4. The number of aryl methyl sites for hydroxylation is 4. The van der Waals surface area contributed by atoms with Gasteiger partial charge in [-0.1, -0.05) is 141 Å². The van der Waals surface area contributed by atoms with Crippen LogP contribution in [-0.4, -0.2) is 11.6 Å². The first-order valence-electron chi connectivity index (χ1n) is 18.9. The van der Waals surface area contributed by atoms with Gasteiger partial charge in [-0.05, 0) is 45.9 Å². The Balaban J connectivity index is 0.000000304. The number of halogens is 5. The summed E-state index contributed by atoms with van der Waals surface area (Å²) in [5, 5.41) is 5.55. The number of hydrogen-bond acceptors (Lipinski definition) is 0. The first-order chi connectivity index (χ1) is 24.7. The van der Waals surface area contributed by atoms with Crippen molar-refractivity contribution in [2.24, 2.45) is 0 Å². The van der Waals surface area contributed by atoms with Gasteiger partial charge in [-0.2, -0.15) is 11.1 Å². The summed E-state index contributed by atoms with van der Waals surface area (Å²) in [6, 6.07) is 36.5. The van der Waals surface area contributed by atoms with Gasteiger partial charge in [0.1, 0.15) is 0 Å². The van der Waals surface area contributed by atoms with Crippen molar-refractivity contribution >= 4 is 27.0 Å². The standard InChI is InChI=1S/2C22H25.C4H7F3Si.2ClH.Zr/c2*1-6-16-10-12-17(13-11-16)19-9-7-8-18-14-20(22(3,4)5)15(2)21(18)19;1-8-3-2-4(5,6)7;;;/h2*7-14H,6H2,1-5H3;2-3H2,1H3;2*1H;/q2*-1;;;;+2/p-2. The molecule has 0 saturated heterocycles. The van der Waals surface area contributed by atoms with Crippen molar-refractivity contribution in [3.05, 3.63) is 130 Å². The van der Waals surface area contributed by atoms with Gasteiger partial charge in [0.05, 0.1) is 0 Å². The normalized spacial score (nSPS) is 11.6. The molecule has 0 radical (unpaired) electrons. The van der Waals surface area contributed by atoms with Crippen molar-refractivity contribution in [2.75, 3.05) is 0 Å². The van der Waals surface area contributed by atoms with Crippen LogP contribution in [0.15, 0.2) is 97.1 Å². The zero-order chi connectivity index (χ0) is 39.3. The van der Waals surface area contributed by atoms with Gasteiger partial charge in [0, 0.05) is 0 Å². The Morgan fingerprint density at radius 1 is 0.582 bits per heavy atom. The first kappa shape index (κ1) is 48.7. The van der Waals surface area contributed by atoms with E-state index in [2.05, 4.69) is 166 Å². The maximum Gasteiger partial charge on any atom is -1.00 e. The Kier molecular flexibility index (Phi) is 18.0. The Labute approximate surface area is 356 Å². The van der Waals surface area contributed by atoms with Crippen LogP contribution in [0.3, 0.4) is 0 Å². The second-order valence-corrected chi connectivity index (χ2v) is 24.8. The molecular weight excluding hydrogens is 824 g/mol. The van der Waals surface area contributed by atoms with Crippen LogP contribution in [0.1, 0.15) is 95.2 Å². The fourth-order valence-corrected chi connectivity index (χ4v) is 8.80. The van der Waals surface area contributed by atoms with Crippen molar-refractivity contribution in [1.29, 1.82) is 0 Å². The quantitative estimate of drug-likeness (QED) is 0.116. The fraction of sp³-hybridized carbons (Fsp3) is 0.375. The first-order valence-corrected chi connectivity index (χ1v) is 24.8. The monoisotopic (exact) mass is 878 g/mol. The average Bonchev–Trinajstić information content (AvgIpc) is 3.65. The van der Waals surface area contributed by atoms with E-state index in [9.17, 15) is 13.2 Å². The maximum absolute atomic E-state index is 11.4. The van der Waals surface area contributed by atoms with Gasteiger partial charge in [0.15, 0.2) is 0 Å². The van der Waals surface area contributed by atoms with E-state index in [4.69, 9.17) is 0 Å². The minimum absolute atomic E-state index is 0. The summed E-state index contributed by atoms with van der Waals surface area (Å²) in [6.45, 7) is 24.6. The molecule has 0 spiro atoms. The Bertz CT molecular complexity index is 2000. The van der Waals surface area contributed by atoms with Crippen molar-refractivity contribution in [1.82, 2.24) is 0 Å². The second-order valence-electron chi connectivity index (χ2n) is 16.4. The van der Waals surface area contributed by atoms with Crippen LogP contribution in [-0.2, 0) is 47.0 Å². The SMILES string of the molecule is CCc1ccc(-c2cccc3[cH-]c(C(C)(C)C)c(C)c23)cc1.CCc1ccc(-c2cccc3[cH-]c(C(C)(C)C)c(C)c23)cc1.C[Si](=[Zr+2])CCC(F)(F)F.[Cl-].[Cl-]. The smallest absolute Gasteiger partial charge is 1.00 e. The topological polar surface area (TPSA) is 0 Å². The van der Waals surface area contributed by atoms with Crippen LogP contribution in [0.5, 0.6) is 0 Å². The average molecular weight is 881 g/mol. The summed E-state index contributed by atoms with van der Waals surface area (Å²) in [5.41, 5.74) is 13.7. The molecular formula is C48H57Cl2F3SiZr-2. The third-order valence-corrected chi connectivity index (χ3v) is 12.9. The van der Waals surface area contributed by atoms with E-state index in [0.29, 0.717) is 6.04 Å². The van der Waals surface area contributed by atoms with E-state index >= 15 is 0 Å². The van der Waals surface area contributed by atoms with Gasteiger partial charge in [-0.3, -0.25) is 0 Å². The van der Waals surface area contributed by atoms with Crippen LogP contribution in [0.2, 0.25) is 12.6 Å². The summed E-state index contributed by atoms with van der Waals surface area (Å²) in [6.07, 6.45) is -2.33. The second kappa shape index (κ2) is 20.3. The molecule has 0 N–H and O–H groups in total. The summed E-state index contributed by atoms with van der Waals surface area (Å²) in [7, 11) is 0. The number of fused-ring (bicyclic) bond motifs is 2. The van der Waals surface area contributed by atoms with E-state index in [1.54, 1.807) is 0 Å². The van der Waals surface area contributed by atoms with Gasteiger partial charge in [0.2, 0.25) is 0 Å². The van der Waals surface area contributed by atoms with Crippen LogP contribution < -0.4 is 24.8 Å². The molecule has 0 aliphatic heterocycles.